The van der Waals surface area contributed by atoms with Crippen LogP contribution in [0.15, 0.2) is 53.0 Å². The fraction of sp³-hybridized carbons (Fsp3) is 0.0588. The Morgan fingerprint density at radius 1 is 1.05 bits per heavy atom. The first-order valence-corrected chi connectivity index (χ1v) is 7.43. The zero-order valence-electron chi connectivity index (χ0n) is 11.8. The lowest BCUT2D eigenvalue weighted by molar-refractivity contribution is 0.406. The summed E-state index contributed by atoms with van der Waals surface area (Å²) in [7, 11) is 1.58. The van der Waals surface area contributed by atoms with E-state index in [4.69, 9.17) is 4.74 Å². The minimum atomic E-state index is -0.194. The van der Waals surface area contributed by atoms with Crippen molar-refractivity contribution in [3.63, 3.8) is 0 Å². The van der Waals surface area contributed by atoms with Gasteiger partial charge in [0, 0.05) is 9.86 Å². The van der Waals surface area contributed by atoms with Crippen molar-refractivity contribution < 1.29 is 14.9 Å². The van der Waals surface area contributed by atoms with E-state index in [1.54, 1.807) is 7.11 Å². The van der Waals surface area contributed by atoms with E-state index in [0.29, 0.717) is 17.1 Å². The molecule has 0 aliphatic heterocycles. The molecule has 0 aromatic heterocycles. The molecule has 0 unspecified atom stereocenters. The highest BCUT2D eigenvalue weighted by Gasteiger charge is 2.14. The lowest BCUT2D eigenvalue weighted by Crippen LogP contribution is -1.96. The minimum absolute atomic E-state index is 0.178. The molecule has 5 heteroatoms. The maximum Gasteiger partial charge on any atom is 0.182 e. The number of hydrogen-bond donors (Lipinski definition) is 3. The number of aromatic hydroxyl groups is 2. The van der Waals surface area contributed by atoms with Crippen LogP contribution in [0.3, 0.4) is 0 Å². The molecule has 0 radical (unpaired) electrons. The van der Waals surface area contributed by atoms with Crippen LogP contribution in [0.4, 0.5) is 11.4 Å². The summed E-state index contributed by atoms with van der Waals surface area (Å²) in [6.45, 7) is 0. The average molecular weight is 360 g/mol. The number of ether oxygens (including phenoxy) is 1. The zero-order chi connectivity index (χ0) is 15.7. The van der Waals surface area contributed by atoms with Gasteiger partial charge in [-0.05, 0) is 35.7 Å². The molecular weight excluding hydrogens is 346 g/mol. The van der Waals surface area contributed by atoms with Crippen molar-refractivity contribution in [2.24, 2.45) is 0 Å². The van der Waals surface area contributed by atoms with Gasteiger partial charge in [-0.15, -0.1) is 0 Å². The Hall–Kier alpha value is -2.40. The highest BCUT2D eigenvalue weighted by molar-refractivity contribution is 9.10. The third kappa shape index (κ3) is 2.55. The molecule has 3 N–H and O–H groups in total. The Morgan fingerprint density at radius 3 is 2.59 bits per heavy atom. The molecule has 3 rings (SSSR count). The molecule has 0 bridgehead atoms. The topological polar surface area (TPSA) is 61.7 Å². The first-order chi connectivity index (χ1) is 10.6. The van der Waals surface area contributed by atoms with Gasteiger partial charge >= 0.3 is 0 Å². The molecule has 22 heavy (non-hydrogen) atoms. The van der Waals surface area contributed by atoms with E-state index >= 15 is 0 Å². The predicted octanol–water partition coefficient (Wildman–Crippen LogP) is 4.77. The number of rotatable bonds is 3. The van der Waals surface area contributed by atoms with Crippen molar-refractivity contribution in [3.8, 4) is 17.2 Å². The fourth-order valence-corrected chi connectivity index (χ4v) is 2.74. The number of hydrogen-bond acceptors (Lipinski definition) is 4. The van der Waals surface area contributed by atoms with Gasteiger partial charge in [0.05, 0.1) is 18.5 Å². The van der Waals surface area contributed by atoms with Crippen molar-refractivity contribution in [1.82, 2.24) is 0 Å². The summed E-state index contributed by atoms with van der Waals surface area (Å²) in [6, 6.07) is 14.5. The van der Waals surface area contributed by atoms with Crippen molar-refractivity contribution in [3.05, 3.63) is 53.0 Å². The molecule has 0 atom stereocenters. The molecular formula is C17H14BrNO3. The van der Waals surface area contributed by atoms with Gasteiger partial charge in [0.2, 0.25) is 0 Å². The Morgan fingerprint density at radius 2 is 1.82 bits per heavy atom. The number of fused-ring (bicyclic) bond motifs is 1. The molecule has 0 saturated carbocycles. The number of methoxy groups -OCH3 is 1. The number of nitrogens with one attached hydrogen (secondary N) is 1. The normalized spacial score (nSPS) is 10.6. The number of benzene rings is 3. The van der Waals surface area contributed by atoms with E-state index in [9.17, 15) is 10.2 Å². The molecule has 0 heterocycles. The lowest BCUT2D eigenvalue weighted by Gasteiger charge is -2.15. The Bertz CT molecular complexity index is 849. The van der Waals surface area contributed by atoms with Crippen LogP contribution >= 0.6 is 15.9 Å². The minimum Gasteiger partial charge on any atom is -0.504 e. The Kier molecular flexibility index (Phi) is 3.81. The summed E-state index contributed by atoms with van der Waals surface area (Å²) in [6.07, 6.45) is 0. The number of anilines is 2. The van der Waals surface area contributed by atoms with E-state index < -0.39 is 0 Å². The molecule has 0 aliphatic rings. The van der Waals surface area contributed by atoms with Crippen molar-refractivity contribution >= 4 is 38.1 Å². The van der Waals surface area contributed by atoms with E-state index in [-0.39, 0.29) is 11.5 Å². The highest BCUT2D eigenvalue weighted by Crippen LogP contribution is 2.43. The number of phenols is 2. The second-order valence-corrected chi connectivity index (χ2v) is 5.73. The number of para-hydroxylation sites is 2. The van der Waals surface area contributed by atoms with E-state index in [1.807, 2.05) is 42.5 Å². The van der Waals surface area contributed by atoms with Crippen molar-refractivity contribution in [2.45, 2.75) is 0 Å². The van der Waals surface area contributed by atoms with Crippen LogP contribution in [0.25, 0.3) is 10.8 Å². The van der Waals surface area contributed by atoms with Crippen LogP contribution in [0.1, 0.15) is 0 Å². The first kappa shape index (κ1) is 14.5. The molecule has 4 nitrogen and oxygen atoms in total. The summed E-state index contributed by atoms with van der Waals surface area (Å²) in [5, 5.41) is 24.9. The van der Waals surface area contributed by atoms with Crippen LogP contribution < -0.4 is 10.1 Å². The third-order valence-electron chi connectivity index (χ3n) is 3.42. The van der Waals surface area contributed by atoms with Gasteiger partial charge in [0.1, 0.15) is 5.75 Å². The lowest BCUT2D eigenvalue weighted by atomic mass is 10.1. The SMILES string of the molecule is COc1ccccc1Nc1c(O)c(O)cc2cc(Br)ccc12. The zero-order valence-corrected chi connectivity index (χ0v) is 13.4. The first-order valence-electron chi connectivity index (χ1n) is 6.64. The van der Waals surface area contributed by atoms with Gasteiger partial charge in [-0.25, -0.2) is 0 Å². The van der Waals surface area contributed by atoms with Crippen LogP contribution in [-0.4, -0.2) is 17.3 Å². The average Bonchev–Trinajstić information content (AvgIpc) is 2.52. The quantitative estimate of drug-likeness (QED) is 0.589. The van der Waals surface area contributed by atoms with E-state index in [0.717, 1.165) is 15.2 Å². The third-order valence-corrected chi connectivity index (χ3v) is 3.91. The second-order valence-electron chi connectivity index (χ2n) is 4.81. The van der Waals surface area contributed by atoms with Crippen LogP contribution in [0.5, 0.6) is 17.2 Å². The number of halogens is 1. The van der Waals surface area contributed by atoms with Crippen LogP contribution in [0.2, 0.25) is 0 Å². The number of phenolic OH excluding ortho intramolecular Hbond substituents is 2. The standard InChI is InChI=1S/C17H14BrNO3/c1-22-15-5-3-2-4-13(15)19-16-12-7-6-11(18)8-10(12)9-14(20)17(16)21/h2-9,19-21H,1H3. The Labute approximate surface area is 136 Å². The van der Waals surface area contributed by atoms with Crippen molar-refractivity contribution in [1.29, 1.82) is 0 Å². The van der Waals surface area contributed by atoms with E-state index in [1.165, 1.54) is 6.07 Å². The summed E-state index contributed by atoms with van der Waals surface area (Å²) in [5.74, 6) is 0.277. The molecule has 0 amide bonds. The highest BCUT2D eigenvalue weighted by atomic mass is 79.9. The maximum atomic E-state index is 10.2. The summed E-state index contributed by atoms with van der Waals surface area (Å²) in [4.78, 5) is 0. The summed E-state index contributed by atoms with van der Waals surface area (Å²) >= 11 is 3.41. The second kappa shape index (κ2) is 5.77. The summed E-state index contributed by atoms with van der Waals surface area (Å²) in [5.41, 5.74) is 1.14. The molecule has 0 saturated heterocycles. The van der Waals surface area contributed by atoms with Gasteiger partial charge in [-0.3, -0.25) is 0 Å². The molecule has 112 valence electrons. The van der Waals surface area contributed by atoms with Crippen LogP contribution in [-0.2, 0) is 0 Å². The largest absolute Gasteiger partial charge is 0.504 e. The smallest absolute Gasteiger partial charge is 0.182 e. The van der Waals surface area contributed by atoms with Crippen LogP contribution in [0, 0.1) is 0 Å². The van der Waals surface area contributed by atoms with Gasteiger partial charge in [0.15, 0.2) is 11.5 Å². The maximum absolute atomic E-state index is 10.2. The fourth-order valence-electron chi connectivity index (χ4n) is 2.36. The van der Waals surface area contributed by atoms with Gasteiger partial charge in [-0.2, -0.15) is 0 Å². The van der Waals surface area contributed by atoms with Gasteiger partial charge < -0.3 is 20.3 Å². The van der Waals surface area contributed by atoms with Gasteiger partial charge in [0.25, 0.3) is 0 Å². The molecule has 0 fully saturated rings. The van der Waals surface area contributed by atoms with E-state index in [2.05, 4.69) is 21.2 Å². The monoisotopic (exact) mass is 359 g/mol. The summed E-state index contributed by atoms with van der Waals surface area (Å²) < 4.78 is 6.20. The molecule has 0 spiro atoms. The Balaban J connectivity index is 2.19. The molecule has 3 aromatic rings. The van der Waals surface area contributed by atoms with Gasteiger partial charge in [-0.1, -0.05) is 34.1 Å². The van der Waals surface area contributed by atoms with Crippen molar-refractivity contribution in [2.75, 3.05) is 12.4 Å². The molecule has 0 aliphatic carbocycles. The molecule has 3 aromatic carbocycles. The predicted molar refractivity (Wildman–Crippen MR) is 91.3 cm³/mol.